The molecule has 2 aromatic carbocycles. The summed E-state index contributed by atoms with van der Waals surface area (Å²) in [4.78, 5) is 22.3. The van der Waals surface area contributed by atoms with Gasteiger partial charge in [-0.3, -0.25) is 9.89 Å². The number of rotatable bonds is 4. The first-order valence-corrected chi connectivity index (χ1v) is 12.4. The van der Waals surface area contributed by atoms with Crippen LogP contribution in [0.1, 0.15) is 23.5 Å². The molecule has 3 aliphatic rings. The summed E-state index contributed by atoms with van der Waals surface area (Å²) in [5.74, 6) is 1.98. The summed E-state index contributed by atoms with van der Waals surface area (Å²) in [7, 11) is 3.81. The second kappa shape index (κ2) is 7.80. The van der Waals surface area contributed by atoms with E-state index in [9.17, 15) is 4.79 Å². The second-order valence-electron chi connectivity index (χ2n) is 10.2. The monoisotopic (exact) mass is 480 g/mol. The van der Waals surface area contributed by atoms with Gasteiger partial charge in [-0.1, -0.05) is 12.1 Å². The maximum atomic E-state index is 13.0. The van der Waals surface area contributed by atoms with Crippen LogP contribution in [0.5, 0.6) is 5.75 Å². The van der Waals surface area contributed by atoms with Crippen LogP contribution in [0, 0.1) is 0 Å². The predicted octanol–water partition coefficient (Wildman–Crippen LogP) is 3.76. The number of carbonyl (C=O) groups excluding carboxylic acids is 1. The van der Waals surface area contributed by atoms with Crippen LogP contribution in [-0.4, -0.2) is 66.3 Å². The number of benzene rings is 2. The number of H-pyrrole nitrogens is 1. The minimum atomic E-state index is -0.511. The second-order valence-corrected chi connectivity index (χ2v) is 10.2. The number of amides is 1. The van der Waals surface area contributed by atoms with Gasteiger partial charge in [0.25, 0.3) is 0 Å². The number of anilines is 2. The van der Waals surface area contributed by atoms with Gasteiger partial charge < -0.3 is 19.9 Å². The molecule has 4 heterocycles. The Bertz CT molecular complexity index is 1510. The lowest BCUT2D eigenvalue weighted by Gasteiger charge is -2.33. The normalized spacial score (nSPS) is 23.2. The Labute approximate surface area is 209 Å². The SMILES string of the molecule is COc1ccc2c(c1)C1(CC1c1ccc3c(-c4ccnc(N5CCN(C)CC5)c4)n[nH]c3c1)C(=O)N2. The minimum absolute atomic E-state index is 0.0781. The fraction of sp³-hybridized carbons (Fsp3) is 0.321. The van der Waals surface area contributed by atoms with E-state index in [0.717, 1.165) is 83.1 Å². The summed E-state index contributed by atoms with van der Waals surface area (Å²) in [6.07, 6.45) is 2.67. The number of hydrogen-bond donors (Lipinski definition) is 2. The number of aromatic amines is 1. The summed E-state index contributed by atoms with van der Waals surface area (Å²) in [5, 5.41) is 12.0. The molecule has 1 spiro atoms. The van der Waals surface area contributed by atoms with Crippen molar-refractivity contribution in [2.24, 2.45) is 0 Å². The van der Waals surface area contributed by atoms with Crippen LogP contribution in [0.3, 0.4) is 0 Å². The molecule has 182 valence electrons. The Morgan fingerprint density at radius 1 is 1.06 bits per heavy atom. The Morgan fingerprint density at radius 2 is 1.92 bits per heavy atom. The van der Waals surface area contributed by atoms with Gasteiger partial charge in [-0.25, -0.2) is 4.98 Å². The predicted molar refractivity (Wildman–Crippen MR) is 140 cm³/mol. The third-order valence-electron chi connectivity index (χ3n) is 8.16. The molecule has 2 aliphatic heterocycles. The van der Waals surface area contributed by atoms with Crippen molar-refractivity contribution >= 4 is 28.3 Å². The number of pyridine rings is 1. The molecule has 2 atom stereocenters. The van der Waals surface area contributed by atoms with Crippen LogP contribution >= 0.6 is 0 Å². The Balaban J connectivity index is 1.20. The quantitative estimate of drug-likeness (QED) is 0.463. The highest BCUT2D eigenvalue weighted by Gasteiger charge is 2.65. The lowest BCUT2D eigenvalue weighted by molar-refractivity contribution is -0.118. The maximum absolute atomic E-state index is 13.0. The Morgan fingerprint density at radius 3 is 2.75 bits per heavy atom. The molecule has 4 aromatic rings. The standard InChI is InChI=1S/C28H28N6O2/c1-33-9-11-34(12-10-33)25-14-18(7-8-29-25)26-20-5-3-17(13-24(20)31-32-26)22-16-28(22)21-15-19(36-2)4-6-23(21)30-27(28)35/h3-8,13-15,22H,9-12,16H2,1-2H3,(H,30,35)(H,31,32). The van der Waals surface area contributed by atoms with E-state index in [1.165, 1.54) is 0 Å². The number of hydrogen-bond acceptors (Lipinski definition) is 6. The largest absolute Gasteiger partial charge is 0.497 e. The molecule has 1 aliphatic carbocycles. The third-order valence-corrected chi connectivity index (χ3v) is 8.16. The molecule has 1 saturated heterocycles. The number of methoxy groups -OCH3 is 1. The summed E-state index contributed by atoms with van der Waals surface area (Å²) < 4.78 is 5.43. The first-order valence-electron chi connectivity index (χ1n) is 12.4. The minimum Gasteiger partial charge on any atom is -0.497 e. The molecule has 1 amide bonds. The molecule has 0 radical (unpaired) electrons. The van der Waals surface area contributed by atoms with Gasteiger partial charge >= 0.3 is 0 Å². The van der Waals surface area contributed by atoms with E-state index in [1.54, 1.807) is 7.11 Å². The van der Waals surface area contributed by atoms with Crippen LogP contribution in [0.4, 0.5) is 11.5 Å². The first kappa shape index (κ1) is 21.4. The van der Waals surface area contributed by atoms with Gasteiger partial charge in [0.1, 0.15) is 17.3 Å². The van der Waals surface area contributed by atoms with Crippen molar-refractivity contribution in [2.75, 3.05) is 50.6 Å². The third kappa shape index (κ3) is 3.14. The van der Waals surface area contributed by atoms with Crippen molar-refractivity contribution < 1.29 is 9.53 Å². The average molecular weight is 481 g/mol. The van der Waals surface area contributed by atoms with Crippen molar-refractivity contribution in [1.29, 1.82) is 0 Å². The lowest BCUT2D eigenvalue weighted by Crippen LogP contribution is -2.44. The highest BCUT2D eigenvalue weighted by molar-refractivity contribution is 6.10. The van der Waals surface area contributed by atoms with E-state index in [-0.39, 0.29) is 11.8 Å². The van der Waals surface area contributed by atoms with Gasteiger partial charge in [-0.05, 0) is 61.0 Å². The van der Waals surface area contributed by atoms with Crippen LogP contribution in [0.25, 0.3) is 22.2 Å². The maximum Gasteiger partial charge on any atom is 0.235 e. The van der Waals surface area contributed by atoms with E-state index >= 15 is 0 Å². The Kier molecular flexibility index (Phi) is 4.63. The van der Waals surface area contributed by atoms with Crippen LogP contribution < -0.4 is 15.0 Å². The zero-order chi connectivity index (χ0) is 24.4. The zero-order valence-electron chi connectivity index (χ0n) is 20.4. The van der Waals surface area contributed by atoms with Crippen molar-refractivity contribution in [3.63, 3.8) is 0 Å². The number of nitrogens with zero attached hydrogens (tertiary/aromatic N) is 4. The highest BCUT2D eigenvalue weighted by atomic mass is 16.5. The van der Waals surface area contributed by atoms with Crippen LogP contribution in [0.2, 0.25) is 0 Å². The van der Waals surface area contributed by atoms with Crippen molar-refractivity contribution in [2.45, 2.75) is 17.8 Å². The topological polar surface area (TPSA) is 86.4 Å². The smallest absolute Gasteiger partial charge is 0.235 e. The molecule has 7 rings (SSSR count). The van der Waals surface area contributed by atoms with Gasteiger partial charge in [-0.2, -0.15) is 5.10 Å². The fourth-order valence-electron chi connectivity index (χ4n) is 5.95. The Hall–Kier alpha value is -3.91. The van der Waals surface area contributed by atoms with E-state index in [1.807, 2.05) is 30.5 Å². The highest BCUT2D eigenvalue weighted by Crippen LogP contribution is 2.65. The van der Waals surface area contributed by atoms with Crippen molar-refractivity contribution in [1.82, 2.24) is 20.1 Å². The van der Waals surface area contributed by atoms with E-state index in [4.69, 9.17) is 4.74 Å². The molecule has 2 unspecified atom stereocenters. The van der Waals surface area contributed by atoms with Crippen LogP contribution in [-0.2, 0) is 10.2 Å². The molecule has 8 nitrogen and oxygen atoms in total. The molecular formula is C28H28N6O2. The van der Waals surface area contributed by atoms with Crippen molar-refractivity contribution in [3.8, 4) is 17.0 Å². The first-order chi connectivity index (χ1) is 17.6. The van der Waals surface area contributed by atoms with Gasteiger partial charge in [0.2, 0.25) is 5.91 Å². The number of ether oxygens (including phenoxy) is 1. The molecule has 2 aromatic heterocycles. The molecule has 0 bridgehead atoms. The molecule has 1 saturated carbocycles. The van der Waals surface area contributed by atoms with Gasteiger partial charge in [0.15, 0.2) is 0 Å². The molecular weight excluding hydrogens is 452 g/mol. The van der Waals surface area contributed by atoms with Gasteiger partial charge in [0, 0.05) is 54.9 Å². The molecule has 8 heteroatoms. The van der Waals surface area contributed by atoms with E-state index in [2.05, 4.69) is 61.6 Å². The zero-order valence-corrected chi connectivity index (χ0v) is 20.4. The summed E-state index contributed by atoms with van der Waals surface area (Å²) in [5.41, 5.74) is 5.52. The average Bonchev–Trinajstić information content (AvgIpc) is 3.43. The molecule has 2 fully saturated rings. The van der Waals surface area contributed by atoms with Gasteiger partial charge in [-0.15, -0.1) is 0 Å². The number of likely N-dealkylation sites (N-methyl/N-ethyl adjacent to an activating group) is 1. The number of piperazine rings is 1. The van der Waals surface area contributed by atoms with Crippen molar-refractivity contribution in [3.05, 3.63) is 65.9 Å². The number of fused-ring (bicyclic) bond motifs is 3. The summed E-state index contributed by atoms with van der Waals surface area (Å²) >= 11 is 0. The van der Waals surface area contributed by atoms with Crippen LogP contribution in [0.15, 0.2) is 54.7 Å². The van der Waals surface area contributed by atoms with Gasteiger partial charge in [0.05, 0.1) is 18.0 Å². The molecule has 36 heavy (non-hydrogen) atoms. The van der Waals surface area contributed by atoms with E-state index in [0.29, 0.717) is 0 Å². The number of carbonyl (C=O) groups is 1. The number of aromatic nitrogens is 3. The summed E-state index contributed by atoms with van der Waals surface area (Å²) in [6.45, 7) is 4.03. The molecule has 2 N–H and O–H groups in total. The summed E-state index contributed by atoms with van der Waals surface area (Å²) in [6, 6.07) is 16.4. The lowest BCUT2D eigenvalue weighted by atomic mass is 9.91. The number of nitrogens with one attached hydrogen (secondary N) is 2. The fourth-order valence-corrected chi connectivity index (χ4v) is 5.95. The van der Waals surface area contributed by atoms with E-state index < -0.39 is 5.41 Å².